The summed E-state index contributed by atoms with van der Waals surface area (Å²) in [5.41, 5.74) is 1.29. The van der Waals surface area contributed by atoms with Gasteiger partial charge < -0.3 is 18.8 Å². The monoisotopic (exact) mass is 387 g/mol. The molecule has 1 aromatic carbocycles. The van der Waals surface area contributed by atoms with Gasteiger partial charge in [0.2, 0.25) is 5.76 Å². The molecule has 28 heavy (non-hydrogen) atoms. The van der Waals surface area contributed by atoms with Gasteiger partial charge in [0.15, 0.2) is 6.10 Å². The van der Waals surface area contributed by atoms with Crippen molar-refractivity contribution in [1.82, 2.24) is 4.90 Å². The van der Waals surface area contributed by atoms with Crippen molar-refractivity contribution in [3.05, 3.63) is 35.6 Å². The molecule has 150 valence electrons. The number of furan rings is 1. The number of carbonyl (C=O) groups excluding carboxylic acids is 3. The maximum atomic E-state index is 12.6. The summed E-state index contributed by atoms with van der Waals surface area (Å²) in [7, 11) is 0. The molecule has 7 nitrogen and oxygen atoms in total. The number of carbonyl (C=O) groups is 3. The molecule has 1 fully saturated rings. The van der Waals surface area contributed by atoms with Gasteiger partial charge in [0.25, 0.3) is 5.91 Å². The standard InChI is InChI=1S/C21H25NO6/c1-4-26-20(24)15-9-11-22(12-10-15)19(23)14(3)27-21(25)18-13(2)16-7-5-6-8-17(16)28-18/h5-8,14-15H,4,9-12H2,1-3H3/t14-/m1/s1. The first-order valence-electron chi connectivity index (χ1n) is 9.56. The minimum Gasteiger partial charge on any atom is -0.466 e. The quantitative estimate of drug-likeness (QED) is 0.733. The highest BCUT2D eigenvalue weighted by Crippen LogP contribution is 2.26. The Labute approximate surface area is 163 Å². The van der Waals surface area contributed by atoms with Crippen LogP contribution in [0.4, 0.5) is 0 Å². The summed E-state index contributed by atoms with van der Waals surface area (Å²) in [6.45, 7) is 6.34. The number of nitrogens with zero attached hydrogens (tertiary/aromatic N) is 1. The van der Waals surface area contributed by atoms with E-state index in [0.717, 1.165) is 5.39 Å². The molecule has 3 rings (SSSR count). The minimum atomic E-state index is -0.931. The molecule has 1 atom stereocenters. The molecule has 1 aliphatic heterocycles. The first-order chi connectivity index (χ1) is 13.4. The lowest BCUT2D eigenvalue weighted by molar-refractivity contribution is -0.152. The molecule has 0 saturated carbocycles. The van der Waals surface area contributed by atoms with Crippen LogP contribution < -0.4 is 0 Å². The Kier molecular flexibility index (Phi) is 6.02. The van der Waals surface area contributed by atoms with Gasteiger partial charge >= 0.3 is 11.9 Å². The first kappa shape index (κ1) is 19.9. The number of aryl methyl sites for hydroxylation is 1. The van der Waals surface area contributed by atoms with Crippen molar-refractivity contribution in [1.29, 1.82) is 0 Å². The highest BCUT2D eigenvalue weighted by Gasteiger charge is 2.32. The number of rotatable bonds is 5. The van der Waals surface area contributed by atoms with E-state index in [2.05, 4.69) is 0 Å². The minimum absolute atomic E-state index is 0.113. The molecule has 0 N–H and O–H groups in total. The fraction of sp³-hybridized carbons (Fsp3) is 0.476. The van der Waals surface area contributed by atoms with Crippen LogP contribution in [0.3, 0.4) is 0 Å². The summed E-state index contributed by atoms with van der Waals surface area (Å²) in [6.07, 6.45) is 0.168. The summed E-state index contributed by atoms with van der Waals surface area (Å²) < 4.78 is 16.0. The Hall–Kier alpha value is -2.83. The SMILES string of the molecule is CCOC(=O)C1CCN(C(=O)[C@@H](C)OC(=O)c2oc3ccccc3c2C)CC1. The van der Waals surface area contributed by atoms with Crippen molar-refractivity contribution < 1.29 is 28.3 Å². The number of benzene rings is 1. The number of esters is 2. The largest absolute Gasteiger partial charge is 0.466 e. The average molecular weight is 387 g/mol. The molecular formula is C21H25NO6. The van der Waals surface area contributed by atoms with Crippen molar-refractivity contribution in [3.63, 3.8) is 0 Å². The summed E-state index contributed by atoms with van der Waals surface area (Å²) in [6, 6.07) is 7.34. The van der Waals surface area contributed by atoms with Crippen LogP contribution in [0.2, 0.25) is 0 Å². The van der Waals surface area contributed by atoms with Crippen molar-refractivity contribution in [3.8, 4) is 0 Å². The van der Waals surface area contributed by atoms with Gasteiger partial charge in [-0.05, 0) is 39.7 Å². The molecule has 1 amide bonds. The second-order valence-electron chi connectivity index (χ2n) is 6.95. The zero-order valence-electron chi connectivity index (χ0n) is 16.4. The highest BCUT2D eigenvalue weighted by atomic mass is 16.6. The summed E-state index contributed by atoms with van der Waals surface area (Å²) >= 11 is 0. The Bertz CT molecular complexity index is 878. The third kappa shape index (κ3) is 4.03. The number of ether oxygens (including phenoxy) is 2. The number of para-hydroxylation sites is 1. The van der Waals surface area contributed by atoms with Crippen molar-refractivity contribution in [2.45, 2.75) is 39.7 Å². The van der Waals surface area contributed by atoms with Gasteiger partial charge in [-0.3, -0.25) is 9.59 Å². The fourth-order valence-electron chi connectivity index (χ4n) is 3.49. The van der Waals surface area contributed by atoms with Gasteiger partial charge in [0.1, 0.15) is 5.58 Å². The van der Waals surface area contributed by atoms with Crippen LogP contribution in [-0.4, -0.2) is 48.5 Å². The first-order valence-corrected chi connectivity index (χ1v) is 9.56. The normalized spacial score (nSPS) is 16.0. The average Bonchev–Trinajstić information content (AvgIpc) is 3.04. The lowest BCUT2D eigenvalue weighted by atomic mass is 9.97. The predicted molar refractivity (Wildman–Crippen MR) is 102 cm³/mol. The Morgan fingerprint density at radius 1 is 1.21 bits per heavy atom. The molecule has 0 radical (unpaired) electrons. The van der Waals surface area contributed by atoms with Gasteiger partial charge in [-0.1, -0.05) is 18.2 Å². The van der Waals surface area contributed by atoms with Gasteiger partial charge in [-0.25, -0.2) is 4.79 Å². The molecule has 1 aliphatic rings. The highest BCUT2D eigenvalue weighted by molar-refractivity contribution is 5.97. The second-order valence-corrected chi connectivity index (χ2v) is 6.95. The van der Waals surface area contributed by atoms with Crippen LogP contribution in [0, 0.1) is 12.8 Å². The zero-order valence-corrected chi connectivity index (χ0v) is 16.4. The van der Waals surface area contributed by atoms with Gasteiger partial charge in [-0.2, -0.15) is 0 Å². The molecule has 0 aliphatic carbocycles. The Balaban J connectivity index is 1.59. The van der Waals surface area contributed by atoms with Crippen LogP contribution in [0.5, 0.6) is 0 Å². The molecule has 0 spiro atoms. The number of amides is 1. The molecule has 7 heteroatoms. The summed E-state index contributed by atoms with van der Waals surface area (Å²) in [5, 5.41) is 0.842. The van der Waals surface area contributed by atoms with E-state index in [-0.39, 0.29) is 23.6 Å². The van der Waals surface area contributed by atoms with Crippen LogP contribution in [0.15, 0.2) is 28.7 Å². The molecule has 2 heterocycles. The second kappa shape index (κ2) is 8.46. The van der Waals surface area contributed by atoms with Gasteiger partial charge in [-0.15, -0.1) is 0 Å². The Morgan fingerprint density at radius 2 is 1.89 bits per heavy atom. The van der Waals surface area contributed by atoms with E-state index in [0.29, 0.717) is 43.7 Å². The van der Waals surface area contributed by atoms with Crippen LogP contribution >= 0.6 is 0 Å². The van der Waals surface area contributed by atoms with E-state index in [4.69, 9.17) is 13.9 Å². The van der Waals surface area contributed by atoms with Gasteiger partial charge in [0.05, 0.1) is 12.5 Å². The molecule has 0 unspecified atom stereocenters. The maximum absolute atomic E-state index is 12.6. The van der Waals surface area contributed by atoms with Crippen molar-refractivity contribution in [2.24, 2.45) is 5.92 Å². The van der Waals surface area contributed by atoms with E-state index in [1.165, 1.54) is 0 Å². The number of hydrogen-bond acceptors (Lipinski definition) is 6. The molecular weight excluding hydrogens is 362 g/mol. The van der Waals surface area contributed by atoms with Crippen LogP contribution in [0.25, 0.3) is 11.0 Å². The Morgan fingerprint density at radius 3 is 2.54 bits per heavy atom. The third-order valence-electron chi connectivity index (χ3n) is 5.09. The summed E-state index contributed by atoms with van der Waals surface area (Å²) in [4.78, 5) is 38.6. The molecule has 2 aromatic rings. The number of piperidine rings is 1. The number of likely N-dealkylation sites (tertiary alicyclic amines) is 1. The van der Waals surface area contributed by atoms with E-state index < -0.39 is 12.1 Å². The third-order valence-corrected chi connectivity index (χ3v) is 5.09. The van der Waals surface area contributed by atoms with E-state index in [1.807, 2.05) is 18.2 Å². The fourth-order valence-corrected chi connectivity index (χ4v) is 3.49. The lowest BCUT2D eigenvalue weighted by Crippen LogP contribution is -2.45. The summed E-state index contributed by atoms with van der Waals surface area (Å²) in [5.74, 6) is -1.21. The number of fused-ring (bicyclic) bond motifs is 1. The maximum Gasteiger partial charge on any atom is 0.375 e. The predicted octanol–water partition coefficient (Wildman–Crippen LogP) is 3.09. The lowest BCUT2D eigenvalue weighted by Gasteiger charge is -2.32. The van der Waals surface area contributed by atoms with E-state index in [1.54, 1.807) is 31.7 Å². The van der Waals surface area contributed by atoms with Crippen LogP contribution in [0.1, 0.15) is 42.8 Å². The van der Waals surface area contributed by atoms with Crippen molar-refractivity contribution >= 4 is 28.8 Å². The smallest absolute Gasteiger partial charge is 0.375 e. The molecule has 0 bridgehead atoms. The van der Waals surface area contributed by atoms with Crippen molar-refractivity contribution in [2.75, 3.05) is 19.7 Å². The zero-order chi connectivity index (χ0) is 20.3. The topological polar surface area (TPSA) is 86.0 Å². The van der Waals surface area contributed by atoms with E-state index in [9.17, 15) is 14.4 Å². The number of hydrogen-bond donors (Lipinski definition) is 0. The van der Waals surface area contributed by atoms with Crippen LogP contribution in [-0.2, 0) is 19.1 Å². The van der Waals surface area contributed by atoms with E-state index >= 15 is 0 Å². The molecule has 1 aromatic heterocycles. The van der Waals surface area contributed by atoms with Gasteiger partial charge in [0, 0.05) is 24.0 Å². The molecule has 1 saturated heterocycles.